The van der Waals surface area contributed by atoms with E-state index in [-0.39, 0.29) is 5.91 Å². The number of carbonyl (C=O) groups excluding carboxylic acids is 1. The van der Waals surface area contributed by atoms with Crippen LogP contribution < -0.4 is 10.6 Å². The van der Waals surface area contributed by atoms with Crippen molar-refractivity contribution in [2.75, 3.05) is 44.7 Å². The average Bonchev–Trinajstić information content (AvgIpc) is 3.31. The van der Waals surface area contributed by atoms with Crippen LogP contribution in [-0.2, 0) is 4.74 Å². The lowest BCUT2D eigenvalue weighted by Crippen LogP contribution is -2.41. The third-order valence-corrected chi connectivity index (χ3v) is 3.81. The molecule has 1 aliphatic carbocycles. The zero-order valence-corrected chi connectivity index (χ0v) is 13.0. The lowest BCUT2D eigenvalue weighted by molar-refractivity contribution is 0.0383. The third kappa shape index (κ3) is 4.38. The number of anilines is 1. The highest BCUT2D eigenvalue weighted by atomic mass is 16.5. The highest BCUT2D eigenvalue weighted by molar-refractivity contribution is 5.92. The molecule has 120 valence electrons. The van der Waals surface area contributed by atoms with Gasteiger partial charge in [-0.15, -0.1) is 0 Å². The minimum atomic E-state index is -0.141. The molecule has 0 radical (unpaired) electrons. The normalized spacial score (nSPS) is 19.0. The van der Waals surface area contributed by atoms with Gasteiger partial charge in [0.2, 0.25) is 5.95 Å². The number of ether oxygens (including phenoxy) is 1. The first kappa shape index (κ1) is 15.2. The van der Waals surface area contributed by atoms with E-state index in [4.69, 9.17) is 4.74 Å². The molecule has 2 heterocycles. The van der Waals surface area contributed by atoms with Crippen LogP contribution >= 0.6 is 0 Å². The van der Waals surface area contributed by atoms with Crippen LogP contribution in [0, 0.1) is 6.92 Å². The molecule has 0 atom stereocenters. The Bertz CT molecular complexity index is 527. The molecule has 22 heavy (non-hydrogen) atoms. The van der Waals surface area contributed by atoms with Crippen molar-refractivity contribution in [1.29, 1.82) is 0 Å². The molecule has 7 nitrogen and oxygen atoms in total. The molecular formula is C15H23N5O2. The lowest BCUT2D eigenvalue weighted by Gasteiger charge is -2.26. The molecule has 1 saturated carbocycles. The molecule has 7 heteroatoms. The van der Waals surface area contributed by atoms with Crippen molar-refractivity contribution in [2.24, 2.45) is 0 Å². The molecule has 2 fully saturated rings. The van der Waals surface area contributed by atoms with Gasteiger partial charge in [0.05, 0.1) is 13.2 Å². The average molecular weight is 305 g/mol. The van der Waals surface area contributed by atoms with E-state index >= 15 is 0 Å². The van der Waals surface area contributed by atoms with Gasteiger partial charge in [0.1, 0.15) is 5.69 Å². The number of nitrogens with zero attached hydrogens (tertiary/aromatic N) is 3. The molecule has 0 bridgehead atoms. The zero-order chi connectivity index (χ0) is 15.4. The predicted molar refractivity (Wildman–Crippen MR) is 83.0 cm³/mol. The predicted octanol–water partition coefficient (Wildman–Crippen LogP) is 0.421. The van der Waals surface area contributed by atoms with Gasteiger partial charge in [0.15, 0.2) is 0 Å². The van der Waals surface area contributed by atoms with E-state index in [0.717, 1.165) is 51.4 Å². The van der Waals surface area contributed by atoms with Crippen LogP contribution in [0.25, 0.3) is 0 Å². The first-order valence-corrected chi connectivity index (χ1v) is 7.91. The molecule has 1 amide bonds. The second-order valence-electron chi connectivity index (χ2n) is 5.85. The van der Waals surface area contributed by atoms with E-state index in [2.05, 4.69) is 25.5 Å². The topological polar surface area (TPSA) is 79.4 Å². The Morgan fingerprint density at radius 3 is 2.86 bits per heavy atom. The second-order valence-corrected chi connectivity index (χ2v) is 5.85. The first-order valence-electron chi connectivity index (χ1n) is 7.91. The minimum absolute atomic E-state index is 0.141. The second kappa shape index (κ2) is 7.02. The van der Waals surface area contributed by atoms with Crippen molar-refractivity contribution in [3.05, 3.63) is 17.5 Å². The largest absolute Gasteiger partial charge is 0.379 e. The van der Waals surface area contributed by atoms with Crippen LogP contribution in [0.5, 0.6) is 0 Å². The maximum Gasteiger partial charge on any atom is 0.270 e. The molecule has 1 aliphatic heterocycles. The summed E-state index contributed by atoms with van der Waals surface area (Å²) in [7, 11) is 0. The van der Waals surface area contributed by atoms with Gasteiger partial charge >= 0.3 is 0 Å². The van der Waals surface area contributed by atoms with Crippen LogP contribution in [0.4, 0.5) is 5.95 Å². The van der Waals surface area contributed by atoms with Crippen LogP contribution in [-0.4, -0.2) is 66.2 Å². The number of aromatic nitrogens is 2. The van der Waals surface area contributed by atoms with Gasteiger partial charge < -0.3 is 15.4 Å². The standard InChI is InChI=1S/C15H23N5O2/c1-11-10-13(19-15(17-11)18-12-2-3-12)14(21)16-4-5-20-6-8-22-9-7-20/h10,12H,2-9H2,1H3,(H,16,21)(H,17,18,19). The Kier molecular flexibility index (Phi) is 4.84. The van der Waals surface area contributed by atoms with Gasteiger partial charge in [-0.3, -0.25) is 9.69 Å². The summed E-state index contributed by atoms with van der Waals surface area (Å²) in [5.74, 6) is 0.415. The maximum atomic E-state index is 12.2. The highest BCUT2D eigenvalue weighted by Gasteiger charge is 2.22. The molecule has 0 unspecified atom stereocenters. The number of morpholine rings is 1. The van der Waals surface area contributed by atoms with Crippen molar-refractivity contribution in [3.63, 3.8) is 0 Å². The molecule has 2 N–H and O–H groups in total. The number of hydrogen-bond acceptors (Lipinski definition) is 6. The first-order chi connectivity index (χ1) is 10.7. The zero-order valence-electron chi connectivity index (χ0n) is 13.0. The molecule has 0 spiro atoms. The molecule has 1 aromatic rings. The Labute approximate surface area is 130 Å². The van der Waals surface area contributed by atoms with Gasteiger partial charge in [0.25, 0.3) is 5.91 Å². The quantitative estimate of drug-likeness (QED) is 0.793. The van der Waals surface area contributed by atoms with Crippen molar-refractivity contribution < 1.29 is 9.53 Å². The molecular weight excluding hydrogens is 282 g/mol. The molecule has 1 aromatic heterocycles. The van der Waals surface area contributed by atoms with E-state index in [1.807, 2.05) is 6.92 Å². The molecule has 0 aromatic carbocycles. The van der Waals surface area contributed by atoms with E-state index in [1.54, 1.807) is 6.07 Å². The Morgan fingerprint density at radius 1 is 1.36 bits per heavy atom. The van der Waals surface area contributed by atoms with Gasteiger partial charge in [-0.05, 0) is 25.8 Å². The SMILES string of the molecule is Cc1cc(C(=O)NCCN2CCOCC2)nc(NC2CC2)n1. The highest BCUT2D eigenvalue weighted by Crippen LogP contribution is 2.23. The van der Waals surface area contributed by atoms with Crippen LogP contribution in [0.3, 0.4) is 0 Å². The van der Waals surface area contributed by atoms with Crippen molar-refractivity contribution >= 4 is 11.9 Å². The molecule has 3 rings (SSSR count). The van der Waals surface area contributed by atoms with Gasteiger partial charge in [-0.1, -0.05) is 0 Å². The monoisotopic (exact) mass is 305 g/mol. The van der Waals surface area contributed by atoms with Crippen LogP contribution in [0.15, 0.2) is 6.07 Å². The van der Waals surface area contributed by atoms with Gasteiger partial charge in [0, 0.05) is 37.9 Å². The van der Waals surface area contributed by atoms with Crippen molar-refractivity contribution in [2.45, 2.75) is 25.8 Å². The summed E-state index contributed by atoms with van der Waals surface area (Å²) in [6, 6.07) is 2.20. The summed E-state index contributed by atoms with van der Waals surface area (Å²) >= 11 is 0. The van der Waals surface area contributed by atoms with E-state index in [0.29, 0.717) is 24.2 Å². The summed E-state index contributed by atoms with van der Waals surface area (Å²) in [5, 5.41) is 6.17. The summed E-state index contributed by atoms with van der Waals surface area (Å²) in [6.07, 6.45) is 2.30. The molecule has 2 aliphatic rings. The number of rotatable bonds is 6. The summed E-state index contributed by atoms with van der Waals surface area (Å²) in [6.45, 7) is 6.74. The minimum Gasteiger partial charge on any atom is -0.379 e. The third-order valence-electron chi connectivity index (χ3n) is 3.81. The van der Waals surface area contributed by atoms with Gasteiger partial charge in [-0.2, -0.15) is 0 Å². The Morgan fingerprint density at radius 2 is 2.14 bits per heavy atom. The Balaban J connectivity index is 1.51. The van der Waals surface area contributed by atoms with Gasteiger partial charge in [-0.25, -0.2) is 9.97 Å². The Hall–Kier alpha value is -1.73. The van der Waals surface area contributed by atoms with Crippen LogP contribution in [0.1, 0.15) is 29.0 Å². The number of aryl methyl sites for hydroxylation is 1. The van der Waals surface area contributed by atoms with Crippen LogP contribution in [0.2, 0.25) is 0 Å². The fraction of sp³-hybridized carbons (Fsp3) is 0.667. The molecule has 1 saturated heterocycles. The van der Waals surface area contributed by atoms with Crippen molar-refractivity contribution in [1.82, 2.24) is 20.2 Å². The number of amides is 1. The lowest BCUT2D eigenvalue weighted by atomic mass is 10.3. The smallest absolute Gasteiger partial charge is 0.270 e. The fourth-order valence-corrected chi connectivity index (χ4v) is 2.40. The summed E-state index contributed by atoms with van der Waals surface area (Å²) in [5.41, 5.74) is 1.23. The summed E-state index contributed by atoms with van der Waals surface area (Å²) < 4.78 is 5.31. The van der Waals surface area contributed by atoms with E-state index in [9.17, 15) is 4.79 Å². The fourth-order valence-electron chi connectivity index (χ4n) is 2.40. The number of hydrogen-bond donors (Lipinski definition) is 2. The maximum absolute atomic E-state index is 12.2. The van der Waals surface area contributed by atoms with E-state index in [1.165, 1.54) is 0 Å². The summed E-state index contributed by atoms with van der Waals surface area (Å²) in [4.78, 5) is 23.1. The van der Waals surface area contributed by atoms with Crippen molar-refractivity contribution in [3.8, 4) is 0 Å². The number of carbonyl (C=O) groups is 1. The number of nitrogens with one attached hydrogen (secondary N) is 2. The van der Waals surface area contributed by atoms with E-state index < -0.39 is 0 Å².